The number of benzene rings is 2. The predicted molar refractivity (Wildman–Crippen MR) is 92.0 cm³/mol. The first-order valence-electron chi connectivity index (χ1n) is 8.00. The third-order valence-electron chi connectivity index (χ3n) is 4.44. The van der Waals surface area contributed by atoms with Crippen LogP contribution >= 0.6 is 0 Å². The van der Waals surface area contributed by atoms with E-state index in [0.717, 1.165) is 16.7 Å². The lowest BCUT2D eigenvalue weighted by atomic mass is 9.94. The van der Waals surface area contributed by atoms with Crippen molar-refractivity contribution in [1.82, 2.24) is 4.90 Å². The van der Waals surface area contributed by atoms with Gasteiger partial charge >= 0.3 is 5.97 Å². The van der Waals surface area contributed by atoms with Gasteiger partial charge in [-0.1, -0.05) is 12.1 Å². The van der Waals surface area contributed by atoms with E-state index in [2.05, 4.69) is 4.90 Å². The summed E-state index contributed by atoms with van der Waals surface area (Å²) in [5.41, 5.74) is 2.81. The van der Waals surface area contributed by atoms with Crippen LogP contribution in [0.15, 0.2) is 36.4 Å². The number of nitrogens with zero attached hydrogens (tertiary/aromatic N) is 1. The molecule has 132 valence electrons. The third-order valence-corrected chi connectivity index (χ3v) is 4.44. The van der Waals surface area contributed by atoms with Crippen LogP contribution in [-0.2, 0) is 13.1 Å². The number of hydrogen-bond acceptors (Lipinski definition) is 5. The zero-order chi connectivity index (χ0) is 18.0. The fraction of sp³-hybridized carbons (Fsp3) is 0.316. The normalized spacial score (nSPS) is 17.0. The summed E-state index contributed by atoms with van der Waals surface area (Å²) in [5, 5.41) is 19.7. The summed E-state index contributed by atoms with van der Waals surface area (Å²) in [5.74, 6) is 0.409. The van der Waals surface area contributed by atoms with Crippen LogP contribution in [0.3, 0.4) is 0 Å². The molecule has 0 aromatic heterocycles. The zero-order valence-electron chi connectivity index (χ0n) is 14.2. The van der Waals surface area contributed by atoms with Crippen molar-refractivity contribution in [2.75, 3.05) is 20.8 Å². The number of carboxylic acids is 1. The number of hydrogen-bond donors (Lipinski definition) is 2. The smallest absolute Gasteiger partial charge is 0.335 e. The molecule has 0 fully saturated rings. The number of fused-ring (bicyclic) bond motifs is 1. The Morgan fingerprint density at radius 2 is 1.92 bits per heavy atom. The predicted octanol–water partition coefficient (Wildman–Crippen LogP) is 2.45. The SMILES string of the molecule is COc1ccc(OC)c2c1CN(Cc1cccc(C(=O)O)c1)CC2O. The Morgan fingerprint density at radius 3 is 2.60 bits per heavy atom. The number of rotatable bonds is 5. The van der Waals surface area contributed by atoms with Crippen LogP contribution in [0.25, 0.3) is 0 Å². The minimum absolute atomic E-state index is 0.259. The zero-order valence-corrected chi connectivity index (χ0v) is 14.2. The molecule has 6 nitrogen and oxygen atoms in total. The summed E-state index contributed by atoms with van der Waals surface area (Å²) in [4.78, 5) is 13.2. The van der Waals surface area contributed by atoms with Crippen molar-refractivity contribution >= 4 is 5.97 Å². The fourth-order valence-electron chi connectivity index (χ4n) is 3.33. The minimum Gasteiger partial charge on any atom is -0.496 e. The van der Waals surface area contributed by atoms with Gasteiger partial charge in [-0.05, 0) is 29.8 Å². The van der Waals surface area contributed by atoms with Crippen LogP contribution in [0, 0.1) is 0 Å². The second-order valence-corrected chi connectivity index (χ2v) is 6.05. The van der Waals surface area contributed by atoms with E-state index >= 15 is 0 Å². The van der Waals surface area contributed by atoms with E-state index in [4.69, 9.17) is 14.6 Å². The molecule has 0 amide bonds. The lowest BCUT2D eigenvalue weighted by molar-refractivity contribution is 0.0695. The Labute approximate surface area is 146 Å². The summed E-state index contributed by atoms with van der Waals surface area (Å²) in [6.07, 6.45) is -0.698. The van der Waals surface area contributed by atoms with Crippen molar-refractivity contribution in [1.29, 1.82) is 0 Å². The third kappa shape index (κ3) is 3.45. The first-order chi connectivity index (χ1) is 12.0. The van der Waals surface area contributed by atoms with Gasteiger partial charge in [-0.3, -0.25) is 4.90 Å². The first kappa shape index (κ1) is 17.3. The fourth-order valence-corrected chi connectivity index (χ4v) is 3.33. The summed E-state index contributed by atoms with van der Waals surface area (Å²) in [7, 11) is 3.18. The molecule has 2 aromatic carbocycles. The van der Waals surface area contributed by atoms with E-state index in [0.29, 0.717) is 31.1 Å². The largest absolute Gasteiger partial charge is 0.496 e. The highest BCUT2D eigenvalue weighted by molar-refractivity contribution is 5.87. The monoisotopic (exact) mass is 343 g/mol. The molecule has 0 aliphatic carbocycles. The van der Waals surface area contributed by atoms with Gasteiger partial charge in [0.25, 0.3) is 0 Å². The average Bonchev–Trinajstić information content (AvgIpc) is 2.61. The van der Waals surface area contributed by atoms with Crippen LogP contribution in [0.1, 0.15) is 33.2 Å². The van der Waals surface area contributed by atoms with Gasteiger partial charge < -0.3 is 19.7 Å². The maximum atomic E-state index is 11.1. The molecule has 2 aromatic rings. The highest BCUT2D eigenvalue weighted by atomic mass is 16.5. The number of aliphatic hydroxyl groups excluding tert-OH is 1. The molecule has 0 saturated heterocycles. The van der Waals surface area contributed by atoms with Gasteiger partial charge in [-0.15, -0.1) is 0 Å². The molecule has 1 heterocycles. The van der Waals surface area contributed by atoms with Gasteiger partial charge in [0, 0.05) is 30.8 Å². The highest BCUT2D eigenvalue weighted by Crippen LogP contribution is 2.39. The molecule has 1 unspecified atom stereocenters. The molecule has 1 aliphatic heterocycles. The van der Waals surface area contributed by atoms with Crippen LogP contribution in [0.2, 0.25) is 0 Å². The van der Waals surface area contributed by atoms with E-state index in [9.17, 15) is 9.90 Å². The molecule has 3 rings (SSSR count). The number of methoxy groups -OCH3 is 2. The van der Waals surface area contributed by atoms with E-state index in [-0.39, 0.29) is 5.56 Å². The van der Waals surface area contributed by atoms with Gasteiger partial charge in [0.1, 0.15) is 11.5 Å². The summed E-state index contributed by atoms with van der Waals surface area (Å²) in [6.45, 7) is 1.57. The highest BCUT2D eigenvalue weighted by Gasteiger charge is 2.29. The second kappa shape index (κ2) is 7.13. The number of aromatic carboxylic acids is 1. The Hall–Kier alpha value is -2.57. The van der Waals surface area contributed by atoms with E-state index in [1.165, 1.54) is 0 Å². The van der Waals surface area contributed by atoms with Gasteiger partial charge in [0.05, 0.1) is 25.9 Å². The van der Waals surface area contributed by atoms with Gasteiger partial charge in [-0.2, -0.15) is 0 Å². The molecular formula is C19H21NO5. The topological polar surface area (TPSA) is 79.2 Å². The van der Waals surface area contributed by atoms with Crippen LogP contribution < -0.4 is 9.47 Å². The maximum Gasteiger partial charge on any atom is 0.335 e. The summed E-state index contributed by atoms with van der Waals surface area (Å²) >= 11 is 0. The molecule has 0 bridgehead atoms. The van der Waals surface area contributed by atoms with Crippen molar-refractivity contribution in [2.45, 2.75) is 19.2 Å². The second-order valence-electron chi connectivity index (χ2n) is 6.05. The maximum absolute atomic E-state index is 11.1. The van der Waals surface area contributed by atoms with E-state index in [1.54, 1.807) is 38.5 Å². The average molecular weight is 343 g/mol. The Kier molecular flexibility index (Phi) is 4.92. The molecule has 2 N–H and O–H groups in total. The molecular weight excluding hydrogens is 322 g/mol. The molecule has 6 heteroatoms. The number of carbonyl (C=O) groups is 1. The Balaban J connectivity index is 1.88. The first-order valence-corrected chi connectivity index (χ1v) is 8.00. The molecule has 1 aliphatic rings. The molecule has 25 heavy (non-hydrogen) atoms. The lowest BCUT2D eigenvalue weighted by Crippen LogP contribution is -2.33. The molecule has 1 atom stereocenters. The van der Waals surface area contributed by atoms with E-state index < -0.39 is 12.1 Å². The van der Waals surface area contributed by atoms with Crippen molar-refractivity contribution in [3.05, 3.63) is 58.7 Å². The Morgan fingerprint density at radius 1 is 1.20 bits per heavy atom. The lowest BCUT2D eigenvalue weighted by Gasteiger charge is -2.34. The minimum atomic E-state index is -0.947. The number of aliphatic hydroxyl groups is 1. The van der Waals surface area contributed by atoms with Gasteiger partial charge in [0.2, 0.25) is 0 Å². The van der Waals surface area contributed by atoms with Crippen molar-refractivity contribution in [3.63, 3.8) is 0 Å². The molecule has 0 radical (unpaired) electrons. The number of β-amino-alcohol motifs (C(OH)–C–C–N with tert-alkyl or cyclic N) is 1. The van der Waals surface area contributed by atoms with Crippen molar-refractivity contribution in [3.8, 4) is 11.5 Å². The molecule has 0 saturated carbocycles. The van der Waals surface area contributed by atoms with Crippen LogP contribution in [0.5, 0.6) is 11.5 Å². The van der Waals surface area contributed by atoms with Gasteiger partial charge in [-0.25, -0.2) is 4.79 Å². The number of carboxylic acid groups (broad SMARTS) is 1. The molecule has 0 spiro atoms. The van der Waals surface area contributed by atoms with Crippen molar-refractivity contribution in [2.24, 2.45) is 0 Å². The van der Waals surface area contributed by atoms with Crippen molar-refractivity contribution < 1.29 is 24.5 Å². The number of ether oxygens (including phenoxy) is 2. The Bertz CT molecular complexity index is 789. The summed E-state index contributed by atoms with van der Waals surface area (Å²) in [6, 6.07) is 10.5. The van der Waals surface area contributed by atoms with Crippen LogP contribution in [-0.4, -0.2) is 41.8 Å². The summed E-state index contributed by atoms with van der Waals surface area (Å²) < 4.78 is 10.8. The quantitative estimate of drug-likeness (QED) is 0.868. The van der Waals surface area contributed by atoms with Gasteiger partial charge in [0.15, 0.2) is 0 Å². The van der Waals surface area contributed by atoms with E-state index in [1.807, 2.05) is 12.1 Å². The van der Waals surface area contributed by atoms with Crippen LogP contribution in [0.4, 0.5) is 0 Å². The standard InChI is InChI=1S/C19H21NO5/c1-24-16-6-7-17(25-2)18-14(16)10-20(11-15(18)21)9-12-4-3-5-13(8-12)19(22)23/h3-8,15,21H,9-11H2,1-2H3,(H,22,23).